The Kier molecular flexibility index (Phi) is 6.20. The van der Waals surface area contributed by atoms with E-state index < -0.39 is 0 Å². The highest BCUT2D eigenvalue weighted by Crippen LogP contribution is 2.18. The normalized spacial score (nSPS) is 25.5. The Bertz CT molecular complexity index is 201. The molecule has 2 unspecified atom stereocenters. The van der Waals surface area contributed by atoms with E-state index in [1.807, 2.05) is 6.92 Å². The third kappa shape index (κ3) is 4.95. The Morgan fingerprint density at radius 1 is 1.53 bits per heavy atom. The van der Waals surface area contributed by atoms with Crippen molar-refractivity contribution in [2.45, 2.75) is 32.0 Å². The van der Waals surface area contributed by atoms with Crippen LogP contribution in [0.5, 0.6) is 0 Å². The summed E-state index contributed by atoms with van der Waals surface area (Å²) in [4.78, 5) is 11.5. The van der Waals surface area contributed by atoms with E-state index in [1.165, 1.54) is 0 Å². The third-order valence-electron chi connectivity index (χ3n) is 2.29. The van der Waals surface area contributed by atoms with E-state index in [0.29, 0.717) is 19.8 Å². The highest BCUT2D eigenvalue weighted by Gasteiger charge is 2.27. The highest BCUT2D eigenvalue weighted by atomic mass is 79.9. The standard InChI is InChI=1S/C10H18BrNO3/c1-8-2-3-9(15-8)10(13)12-5-7-14-6-4-11/h8-9H,2-7H2,1H3,(H,12,13). The number of carbonyl (C=O) groups is 1. The largest absolute Gasteiger partial charge is 0.379 e. The second kappa shape index (κ2) is 7.19. The molecule has 0 aromatic rings. The molecule has 0 saturated carbocycles. The van der Waals surface area contributed by atoms with Crippen molar-refractivity contribution in [2.75, 3.05) is 25.1 Å². The Morgan fingerprint density at radius 3 is 2.93 bits per heavy atom. The average molecular weight is 280 g/mol. The van der Waals surface area contributed by atoms with Crippen LogP contribution >= 0.6 is 15.9 Å². The Hall–Kier alpha value is -0.130. The van der Waals surface area contributed by atoms with E-state index in [1.54, 1.807) is 0 Å². The first-order chi connectivity index (χ1) is 7.24. The molecule has 1 saturated heterocycles. The van der Waals surface area contributed by atoms with Crippen LogP contribution < -0.4 is 5.32 Å². The number of alkyl halides is 1. The lowest BCUT2D eigenvalue weighted by molar-refractivity contribution is -0.131. The molecule has 0 aliphatic carbocycles. The minimum absolute atomic E-state index is 0.0122. The Labute approximate surface area is 98.8 Å². The van der Waals surface area contributed by atoms with Gasteiger partial charge in [-0.05, 0) is 19.8 Å². The van der Waals surface area contributed by atoms with E-state index in [4.69, 9.17) is 9.47 Å². The Morgan fingerprint density at radius 2 is 2.33 bits per heavy atom. The van der Waals surface area contributed by atoms with Gasteiger partial charge in [0.05, 0.1) is 19.3 Å². The number of carbonyl (C=O) groups excluding carboxylic acids is 1. The second-order valence-corrected chi connectivity index (χ2v) is 4.40. The van der Waals surface area contributed by atoms with Gasteiger partial charge < -0.3 is 14.8 Å². The van der Waals surface area contributed by atoms with Crippen LogP contribution in [0.1, 0.15) is 19.8 Å². The summed E-state index contributed by atoms with van der Waals surface area (Å²) in [5, 5.41) is 3.62. The topological polar surface area (TPSA) is 47.6 Å². The minimum Gasteiger partial charge on any atom is -0.379 e. The molecule has 88 valence electrons. The number of nitrogens with one attached hydrogen (secondary N) is 1. The zero-order valence-electron chi connectivity index (χ0n) is 9.00. The number of amides is 1. The number of ether oxygens (including phenoxy) is 2. The summed E-state index contributed by atoms with van der Waals surface area (Å²) in [5.41, 5.74) is 0. The van der Waals surface area contributed by atoms with Crippen molar-refractivity contribution in [3.8, 4) is 0 Å². The molecule has 15 heavy (non-hydrogen) atoms. The number of rotatable bonds is 6. The maximum atomic E-state index is 11.5. The van der Waals surface area contributed by atoms with Gasteiger partial charge in [-0.3, -0.25) is 4.79 Å². The van der Waals surface area contributed by atoms with Crippen molar-refractivity contribution in [3.05, 3.63) is 0 Å². The molecule has 0 bridgehead atoms. The molecule has 1 aliphatic heterocycles. The van der Waals surface area contributed by atoms with Crippen LogP contribution in [0.15, 0.2) is 0 Å². The summed E-state index contributed by atoms with van der Waals surface area (Å²) >= 11 is 3.26. The predicted molar refractivity (Wildman–Crippen MR) is 61.2 cm³/mol. The van der Waals surface area contributed by atoms with Crippen molar-refractivity contribution in [2.24, 2.45) is 0 Å². The van der Waals surface area contributed by atoms with Gasteiger partial charge >= 0.3 is 0 Å². The quantitative estimate of drug-likeness (QED) is 0.585. The van der Waals surface area contributed by atoms with Gasteiger partial charge in [0.25, 0.3) is 0 Å². The monoisotopic (exact) mass is 279 g/mol. The third-order valence-corrected chi connectivity index (χ3v) is 2.62. The van der Waals surface area contributed by atoms with Gasteiger partial charge in [-0.25, -0.2) is 0 Å². The van der Waals surface area contributed by atoms with Crippen molar-refractivity contribution >= 4 is 21.8 Å². The van der Waals surface area contributed by atoms with Crippen molar-refractivity contribution < 1.29 is 14.3 Å². The maximum Gasteiger partial charge on any atom is 0.249 e. The maximum absolute atomic E-state index is 11.5. The summed E-state index contributed by atoms with van der Waals surface area (Å²) < 4.78 is 10.7. The SMILES string of the molecule is CC1CCC(C(=O)NCCOCCBr)O1. The van der Waals surface area contributed by atoms with Crippen LogP contribution in [0.4, 0.5) is 0 Å². The van der Waals surface area contributed by atoms with E-state index in [-0.39, 0.29) is 18.1 Å². The van der Waals surface area contributed by atoms with Gasteiger partial charge in [-0.1, -0.05) is 15.9 Å². The molecule has 1 N–H and O–H groups in total. The van der Waals surface area contributed by atoms with Crippen LogP contribution in [0.25, 0.3) is 0 Å². The van der Waals surface area contributed by atoms with Gasteiger partial charge in [0, 0.05) is 11.9 Å². The highest BCUT2D eigenvalue weighted by molar-refractivity contribution is 9.09. The molecule has 1 fully saturated rings. The van der Waals surface area contributed by atoms with Crippen molar-refractivity contribution in [3.63, 3.8) is 0 Å². The zero-order valence-corrected chi connectivity index (χ0v) is 10.6. The van der Waals surface area contributed by atoms with Gasteiger partial charge in [-0.2, -0.15) is 0 Å². The van der Waals surface area contributed by atoms with Crippen molar-refractivity contribution in [1.82, 2.24) is 5.32 Å². The predicted octanol–water partition coefficient (Wildman–Crippen LogP) is 1.08. The van der Waals surface area contributed by atoms with Gasteiger partial charge in [0.2, 0.25) is 5.91 Å². The molecule has 0 radical (unpaired) electrons. The minimum atomic E-state index is -0.254. The smallest absolute Gasteiger partial charge is 0.249 e. The van der Waals surface area contributed by atoms with Crippen LogP contribution in [0.2, 0.25) is 0 Å². The number of hydrogen-bond donors (Lipinski definition) is 1. The molecular formula is C10H18BrNO3. The van der Waals surface area contributed by atoms with E-state index in [0.717, 1.165) is 18.2 Å². The van der Waals surface area contributed by atoms with Crippen molar-refractivity contribution in [1.29, 1.82) is 0 Å². The first-order valence-corrected chi connectivity index (χ1v) is 6.43. The fourth-order valence-electron chi connectivity index (χ4n) is 1.51. The van der Waals surface area contributed by atoms with Crippen LogP contribution in [0, 0.1) is 0 Å². The number of hydrogen-bond acceptors (Lipinski definition) is 3. The molecule has 5 heteroatoms. The van der Waals surface area contributed by atoms with Crippen LogP contribution in [0.3, 0.4) is 0 Å². The molecular weight excluding hydrogens is 262 g/mol. The molecule has 4 nitrogen and oxygen atoms in total. The average Bonchev–Trinajstić information content (AvgIpc) is 2.64. The van der Waals surface area contributed by atoms with Crippen LogP contribution in [-0.4, -0.2) is 43.2 Å². The lowest BCUT2D eigenvalue weighted by Crippen LogP contribution is -2.36. The van der Waals surface area contributed by atoms with E-state index in [2.05, 4.69) is 21.2 Å². The fraction of sp³-hybridized carbons (Fsp3) is 0.900. The first-order valence-electron chi connectivity index (χ1n) is 5.31. The van der Waals surface area contributed by atoms with Crippen LogP contribution in [-0.2, 0) is 14.3 Å². The van der Waals surface area contributed by atoms with Gasteiger partial charge in [0.15, 0.2) is 0 Å². The molecule has 0 aromatic heterocycles. The van der Waals surface area contributed by atoms with E-state index in [9.17, 15) is 4.79 Å². The summed E-state index contributed by atoms with van der Waals surface area (Å²) in [5.74, 6) is -0.0122. The van der Waals surface area contributed by atoms with E-state index >= 15 is 0 Å². The lowest BCUT2D eigenvalue weighted by atomic mass is 10.2. The molecule has 0 aromatic carbocycles. The first kappa shape index (κ1) is 12.9. The molecule has 1 heterocycles. The summed E-state index contributed by atoms with van der Waals surface area (Å²) in [6.07, 6.45) is 1.76. The molecule has 0 spiro atoms. The van der Waals surface area contributed by atoms with Gasteiger partial charge in [-0.15, -0.1) is 0 Å². The summed E-state index contributed by atoms with van der Waals surface area (Å²) in [6, 6.07) is 0. The lowest BCUT2D eigenvalue weighted by Gasteiger charge is -2.11. The molecule has 1 aliphatic rings. The molecule has 1 rings (SSSR count). The zero-order chi connectivity index (χ0) is 11.1. The fourth-order valence-corrected chi connectivity index (χ4v) is 1.74. The Balaban J connectivity index is 2.03. The second-order valence-electron chi connectivity index (χ2n) is 3.61. The summed E-state index contributed by atoms with van der Waals surface area (Å²) in [7, 11) is 0. The number of halogens is 1. The van der Waals surface area contributed by atoms with Gasteiger partial charge in [0.1, 0.15) is 6.10 Å². The molecule has 2 atom stereocenters. The summed E-state index contributed by atoms with van der Waals surface area (Å²) in [6.45, 7) is 3.78. The molecule has 1 amide bonds.